The van der Waals surface area contributed by atoms with Gasteiger partial charge in [0.15, 0.2) is 0 Å². The van der Waals surface area contributed by atoms with Crippen molar-refractivity contribution in [3.05, 3.63) is 145 Å². The molecule has 0 saturated carbocycles. The van der Waals surface area contributed by atoms with Gasteiger partial charge in [-0.05, 0) is 76.6 Å². The summed E-state index contributed by atoms with van der Waals surface area (Å²) in [6.07, 6.45) is 0. The van der Waals surface area contributed by atoms with Crippen molar-refractivity contribution in [2.24, 2.45) is 9.98 Å². The van der Waals surface area contributed by atoms with Crippen LogP contribution in [0.3, 0.4) is 0 Å². The summed E-state index contributed by atoms with van der Waals surface area (Å²) in [6, 6.07) is 48.5. The van der Waals surface area contributed by atoms with Crippen LogP contribution in [0, 0.1) is 0 Å². The Bertz CT molecular complexity index is 3030. The highest BCUT2D eigenvalue weighted by Crippen LogP contribution is 2.46. The highest BCUT2D eigenvalue weighted by molar-refractivity contribution is 6.24. The Hall–Kier alpha value is -6.52. The van der Waals surface area contributed by atoms with E-state index in [4.69, 9.17) is 13.8 Å². The molecule has 4 nitrogen and oxygen atoms in total. The van der Waals surface area contributed by atoms with Crippen LogP contribution in [0.5, 0.6) is 0 Å². The molecule has 0 aliphatic heterocycles. The van der Waals surface area contributed by atoms with Crippen molar-refractivity contribution in [2.75, 3.05) is 0 Å². The van der Waals surface area contributed by atoms with Gasteiger partial charge in [0, 0.05) is 43.6 Å². The maximum atomic E-state index is 6.62. The van der Waals surface area contributed by atoms with Crippen LogP contribution in [0.2, 0.25) is 0 Å². The Kier molecular flexibility index (Phi) is 5.91. The second kappa shape index (κ2) is 10.5. The molecule has 0 saturated heterocycles. The van der Waals surface area contributed by atoms with E-state index in [0.29, 0.717) is 0 Å². The van der Waals surface area contributed by atoms with Gasteiger partial charge in [-0.2, -0.15) is 0 Å². The summed E-state index contributed by atoms with van der Waals surface area (Å²) in [5.74, 6) is 0. The number of hydrogen-bond acceptors (Lipinski definition) is 4. The lowest BCUT2D eigenvalue weighted by Crippen LogP contribution is -1.95. The van der Waals surface area contributed by atoms with E-state index in [0.717, 1.165) is 110 Å². The molecule has 10 aromatic rings. The van der Waals surface area contributed by atoms with E-state index in [1.807, 2.05) is 30.3 Å². The maximum absolute atomic E-state index is 6.62. The first-order chi connectivity index (χ1) is 24.2. The summed E-state index contributed by atoms with van der Waals surface area (Å²) in [5, 5.41) is 10.9. The fourth-order valence-electron chi connectivity index (χ4n) is 7.58. The molecule has 0 fully saturated rings. The van der Waals surface area contributed by atoms with Crippen LogP contribution in [0.1, 0.15) is 12.5 Å². The standard InChI is InChI=1S/C45H28N2O2/c1-26(47-44-35-15-6-4-12-32(35)31-11-3-5-14-34(31)43(44)46-2)28-21-19-27-20-22-29(24-30(27)23-28)41-42-36-16-8-10-18-39(36)48-40(42)25-37-33-13-7-9-17-38(33)49-45(37)41/h3-25H,2H2,1H3. The number of para-hydroxylation sites is 2. The Morgan fingerprint density at radius 3 is 1.86 bits per heavy atom. The third kappa shape index (κ3) is 4.11. The van der Waals surface area contributed by atoms with Crippen molar-refractivity contribution in [1.82, 2.24) is 0 Å². The molecule has 0 bridgehead atoms. The van der Waals surface area contributed by atoms with Gasteiger partial charge in [0.25, 0.3) is 0 Å². The molecule has 0 spiro atoms. The molecule has 0 N–H and O–H groups in total. The van der Waals surface area contributed by atoms with Crippen molar-refractivity contribution in [1.29, 1.82) is 0 Å². The highest BCUT2D eigenvalue weighted by Gasteiger charge is 2.21. The Labute approximate surface area is 281 Å². The van der Waals surface area contributed by atoms with E-state index in [9.17, 15) is 0 Å². The number of benzene rings is 8. The topological polar surface area (TPSA) is 51.0 Å². The monoisotopic (exact) mass is 628 g/mol. The van der Waals surface area contributed by atoms with Gasteiger partial charge < -0.3 is 8.83 Å². The summed E-state index contributed by atoms with van der Waals surface area (Å²) in [7, 11) is 0. The lowest BCUT2D eigenvalue weighted by atomic mass is 9.94. The van der Waals surface area contributed by atoms with Crippen LogP contribution in [-0.4, -0.2) is 12.4 Å². The average molecular weight is 629 g/mol. The molecular weight excluding hydrogens is 601 g/mol. The summed E-state index contributed by atoms with van der Waals surface area (Å²) in [5.41, 5.74) is 9.11. The van der Waals surface area contributed by atoms with Gasteiger partial charge >= 0.3 is 0 Å². The van der Waals surface area contributed by atoms with Crippen LogP contribution in [0.4, 0.5) is 11.4 Å². The lowest BCUT2D eigenvalue weighted by Gasteiger charge is -2.13. The van der Waals surface area contributed by atoms with Crippen molar-refractivity contribution in [3.8, 4) is 11.1 Å². The molecule has 0 aliphatic rings. The third-order valence-corrected chi connectivity index (χ3v) is 9.87. The van der Waals surface area contributed by atoms with Gasteiger partial charge in [-0.15, -0.1) is 0 Å². The Balaban J connectivity index is 1.19. The largest absolute Gasteiger partial charge is 0.456 e. The Morgan fingerprint density at radius 1 is 0.510 bits per heavy atom. The minimum atomic E-state index is 0.798. The molecule has 0 amide bonds. The lowest BCUT2D eigenvalue weighted by molar-refractivity contribution is 0.664. The van der Waals surface area contributed by atoms with Gasteiger partial charge in [-0.25, -0.2) is 0 Å². The zero-order valence-corrected chi connectivity index (χ0v) is 26.7. The fraction of sp³-hybridized carbons (Fsp3) is 0.0222. The van der Waals surface area contributed by atoms with E-state index >= 15 is 0 Å². The van der Waals surface area contributed by atoms with Crippen LogP contribution >= 0.6 is 0 Å². The van der Waals surface area contributed by atoms with Crippen molar-refractivity contribution in [3.63, 3.8) is 0 Å². The van der Waals surface area contributed by atoms with E-state index in [1.54, 1.807) is 0 Å². The molecular formula is C45H28N2O2. The minimum Gasteiger partial charge on any atom is -0.456 e. The number of furan rings is 2. The highest BCUT2D eigenvalue weighted by atomic mass is 16.3. The van der Waals surface area contributed by atoms with E-state index < -0.39 is 0 Å². The van der Waals surface area contributed by atoms with Crippen LogP contribution in [0.25, 0.3) is 87.3 Å². The van der Waals surface area contributed by atoms with Crippen LogP contribution < -0.4 is 0 Å². The van der Waals surface area contributed by atoms with Crippen LogP contribution in [-0.2, 0) is 0 Å². The molecule has 230 valence electrons. The van der Waals surface area contributed by atoms with Gasteiger partial charge in [0.05, 0.1) is 11.4 Å². The normalized spacial score (nSPS) is 12.4. The second-order valence-corrected chi connectivity index (χ2v) is 12.6. The quantitative estimate of drug-likeness (QED) is 0.144. The number of aliphatic imine (C=N–C) groups is 2. The molecule has 0 aliphatic carbocycles. The molecule has 4 heteroatoms. The van der Waals surface area contributed by atoms with Gasteiger partial charge in [-0.1, -0.05) is 109 Å². The first kappa shape index (κ1) is 27.6. The summed E-state index contributed by atoms with van der Waals surface area (Å²) in [6.45, 7) is 6.01. The van der Waals surface area contributed by atoms with E-state index in [1.165, 1.54) is 0 Å². The van der Waals surface area contributed by atoms with Crippen LogP contribution in [0.15, 0.2) is 158 Å². The number of nitrogens with zero attached hydrogens (tertiary/aromatic N) is 2. The molecule has 10 rings (SSSR count). The zero-order chi connectivity index (χ0) is 32.6. The molecule has 2 aromatic heterocycles. The van der Waals surface area contributed by atoms with E-state index in [-0.39, 0.29) is 0 Å². The predicted octanol–water partition coefficient (Wildman–Crippen LogP) is 13.1. The third-order valence-electron chi connectivity index (χ3n) is 9.87. The predicted molar refractivity (Wildman–Crippen MR) is 206 cm³/mol. The molecule has 8 aromatic carbocycles. The molecule has 0 unspecified atom stereocenters. The van der Waals surface area contributed by atoms with Gasteiger partial charge in [0.2, 0.25) is 0 Å². The van der Waals surface area contributed by atoms with Crippen molar-refractivity contribution >= 4 is 100.0 Å². The first-order valence-electron chi connectivity index (χ1n) is 16.4. The maximum Gasteiger partial charge on any atom is 0.144 e. The fourth-order valence-corrected chi connectivity index (χ4v) is 7.58. The molecule has 0 atom stereocenters. The van der Waals surface area contributed by atoms with Gasteiger partial charge in [0.1, 0.15) is 22.3 Å². The summed E-state index contributed by atoms with van der Waals surface area (Å²) >= 11 is 0. The molecule has 0 radical (unpaired) electrons. The number of rotatable bonds is 4. The Morgan fingerprint density at radius 2 is 1.12 bits per heavy atom. The van der Waals surface area contributed by atoms with Crippen molar-refractivity contribution < 1.29 is 8.83 Å². The second-order valence-electron chi connectivity index (χ2n) is 12.6. The molecule has 49 heavy (non-hydrogen) atoms. The van der Waals surface area contributed by atoms with Gasteiger partial charge in [-0.3, -0.25) is 9.98 Å². The first-order valence-corrected chi connectivity index (χ1v) is 16.4. The summed E-state index contributed by atoms with van der Waals surface area (Å²) in [4.78, 5) is 9.75. The minimum absolute atomic E-state index is 0.798. The zero-order valence-electron chi connectivity index (χ0n) is 26.7. The van der Waals surface area contributed by atoms with E-state index in [2.05, 4.69) is 128 Å². The molecule has 2 heterocycles. The SMILES string of the molecule is C=Nc1c(N=C(C)c2ccc3ccc(-c4c5oc6ccccc6c5cc5oc6ccccc6c45)cc3c2)c2ccccc2c2ccccc12. The average Bonchev–Trinajstić information content (AvgIpc) is 3.71. The number of hydrogen-bond donors (Lipinski definition) is 0. The number of fused-ring (bicyclic) bond motifs is 10. The van der Waals surface area contributed by atoms with Crippen molar-refractivity contribution in [2.45, 2.75) is 6.92 Å². The smallest absolute Gasteiger partial charge is 0.144 e. The summed E-state index contributed by atoms with van der Waals surface area (Å²) < 4.78 is 13.1.